The van der Waals surface area contributed by atoms with E-state index >= 15 is 0 Å². The number of nitrogens with zero attached hydrogens (tertiary/aromatic N) is 3. The summed E-state index contributed by atoms with van der Waals surface area (Å²) < 4.78 is 24.0. The molecule has 1 aliphatic heterocycles. The molecule has 1 aliphatic rings. The summed E-state index contributed by atoms with van der Waals surface area (Å²) in [6.45, 7) is 2.54. The van der Waals surface area contributed by atoms with Gasteiger partial charge in [-0.25, -0.2) is 9.37 Å². The molecule has 3 heterocycles. The third-order valence-corrected chi connectivity index (χ3v) is 7.20. The van der Waals surface area contributed by atoms with Crippen LogP contribution in [0.25, 0.3) is 0 Å². The van der Waals surface area contributed by atoms with Crippen LogP contribution in [-0.2, 0) is 41.6 Å². The number of pyridine rings is 1. The fourth-order valence-corrected chi connectivity index (χ4v) is 5.30. The van der Waals surface area contributed by atoms with Crippen molar-refractivity contribution in [2.45, 2.75) is 57.9 Å². The van der Waals surface area contributed by atoms with Gasteiger partial charge in [-0.05, 0) is 48.2 Å². The Balaban J connectivity index is 1.49. The molecule has 12 heteroatoms. The molecule has 1 aromatic carbocycles. The maximum absolute atomic E-state index is 13.7. The smallest absolute Gasteiger partial charge is 0.303 e. The predicted octanol–water partition coefficient (Wildman–Crippen LogP) is 3.11. The van der Waals surface area contributed by atoms with Gasteiger partial charge in [0, 0.05) is 44.6 Å². The molecule has 4 rings (SSSR count). The third-order valence-electron chi connectivity index (χ3n) is 6.30. The van der Waals surface area contributed by atoms with Crippen molar-refractivity contribution in [2.24, 2.45) is 0 Å². The maximum Gasteiger partial charge on any atom is 0.303 e. The van der Waals surface area contributed by atoms with Crippen molar-refractivity contribution in [3.05, 3.63) is 81.8 Å². The number of likely N-dealkylation sites (tertiary alicyclic amines) is 1. The van der Waals surface area contributed by atoms with E-state index in [4.69, 9.17) is 9.47 Å². The van der Waals surface area contributed by atoms with Crippen LogP contribution >= 0.6 is 11.3 Å². The molecule has 210 valence electrons. The molecule has 0 aliphatic carbocycles. The summed E-state index contributed by atoms with van der Waals surface area (Å²) in [5, 5.41) is 5.12. The number of halogens is 1. The van der Waals surface area contributed by atoms with Crippen LogP contribution in [0.4, 0.5) is 4.39 Å². The Morgan fingerprint density at radius 1 is 1.05 bits per heavy atom. The van der Waals surface area contributed by atoms with Crippen LogP contribution in [0, 0.1) is 5.82 Å². The maximum atomic E-state index is 13.7. The summed E-state index contributed by atoms with van der Waals surface area (Å²) in [5.41, 5.74) is 2.55. The van der Waals surface area contributed by atoms with Crippen molar-refractivity contribution in [3.63, 3.8) is 0 Å². The van der Waals surface area contributed by atoms with Crippen LogP contribution in [0.15, 0.2) is 54.2 Å². The van der Waals surface area contributed by atoms with Gasteiger partial charge in [-0.3, -0.25) is 24.2 Å². The van der Waals surface area contributed by atoms with Crippen molar-refractivity contribution in [1.82, 2.24) is 20.2 Å². The van der Waals surface area contributed by atoms with E-state index in [0.29, 0.717) is 36.4 Å². The van der Waals surface area contributed by atoms with Crippen molar-refractivity contribution in [1.29, 1.82) is 0 Å². The molecule has 2 aromatic heterocycles. The Labute approximate surface area is 234 Å². The second-order valence-electron chi connectivity index (χ2n) is 9.28. The molecule has 1 fully saturated rings. The van der Waals surface area contributed by atoms with Gasteiger partial charge in [-0.15, -0.1) is 11.3 Å². The van der Waals surface area contributed by atoms with Crippen molar-refractivity contribution < 1.29 is 33.0 Å². The highest BCUT2D eigenvalue weighted by Gasteiger charge is 2.44. The van der Waals surface area contributed by atoms with Gasteiger partial charge in [0.1, 0.15) is 10.8 Å². The van der Waals surface area contributed by atoms with E-state index in [9.17, 15) is 23.6 Å². The van der Waals surface area contributed by atoms with E-state index in [1.165, 1.54) is 28.4 Å². The molecule has 0 saturated carbocycles. The van der Waals surface area contributed by atoms with Gasteiger partial charge in [0.15, 0.2) is 0 Å². The zero-order valence-electron chi connectivity index (χ0n) is 22.0. The lowest BCUT2D eigenvalue weighted by Crippen LogP contribution is -2.53. The number of benzene rings is 1. The molecular formula is C28H29FN4O6S. The normalized spacial score (nSPS) is 16.2. The van der Waals surface area contributed by atoms with Crippen LogP contribution in [-0.4, -0.2) is 57.4 Å². The number of ether oxygens (including phenoxy) is 2. The molecule has 1 saturated heterocycles. The summed E-state index contributed by atoms with van der Waals surface area (Å²) in [6, 6.07) is 9.13. The summed E-state index contributed by atoms with van der Waals surface area (Å²) in [7, 11) is 0. The Hall–Kier alpha value is -4.19. The minimum absolute atomic E-state index is 0.0144. The van der Waals surface area contributed by atoms with E-state index in [0.717, 1.165) is 25.1 Å². The van der Waals surface area contributed by atoms with Gasteiger partial charge < -0.3 is 19.7 Å². The standard InChI is InChI=1S/C28H29FN4O6S/c1-17(34)38-25(27(36)31-15-24-32-22(16-40-24)14-19-9-11-30-12-10-19)26(39-18(2)35)28(37)33-13-3-4-23(33)20-5-7-21(29)8-6-20/h5-12,16,23,25-26H,3-4,13-15H2,1-2H3,(H,31,36)/t23?,25-,26-/m1/s1. The van der Waals surface area contributed by atoms with Crippen molar-refractivity contribution >= 4 is 35.1 Å². The van der Waals surface area contributed by atoms with Crippen LogP contribution in [0.1, 0.15) is 54.6 Å². The predicted molar refractivity (Wildman–Crippen MR) is 142 cm³/mol. The van der Waals surface area contributed by atoms with E-state index in [1.54, 1.807) is 24.5 Å². The van der Waals surface area contributed by atoms with Gasteiger partial charge in [0.05, 0.1) is 18.3 Å². The minimum atomic E-state index is -1.72. The first-order valence-corrected chi connectivity index (χ1v) is 13.6. The van der Waals surface area contributed by atoms with Crippen LogP contribution < -0.4 is 5.32 Å². The van der Waals surface area contributed by atoms with Gasteiger partial charge >= 0.3 is 11.9 Å². The average Bonchev–Trinajstić information content (AvgIpc) is 3.59. The molecule has 0 spiro atoms. The second kappa shape index (κ2) is 13.2. The Kier molecular flexibility index (Phi) is 9.54. The Morgan fingerprint density at radius 2 is 1.73 bits per heavy atom. The van der Waals surface area contributed by atoms with Gasteiger partial charge in [0.25, 0.3) is 11.8 Å². The van der Waals surface area contributed by atoms with E-state index < -0.39 is 47.8 Å². The van der Waals surface area contributed by atoms with E-state index in [2.05, 4.69) is 15.3 Å². The van der Waals surface area contributed by atoms with Gasteiger partial charge in [-0.1, -0.05) is 12.1 Å². The molecule has 0 bridgehead atoms. The molecule has 40 heavy (non-hydrogen) atoms. The lowest BCUT2D eigenvalue weighted by atomic mass is 10.0. The molecule has 3 aromatic rings. The lowest BCUT2D eigenvalue weighted by molar-refractivity contribution is -0.178. The fraction of sp³-hybridized carbons (Fsp3) is 0.357. The lowest BCUT2D eigenvalue weighted by Gasteiger charge is -2.31. The first-order chi connectivity index (χ1) is 19.2. The largest absolute Gasteiger partial charge is 0.448 e. The Bertz CT molecular complexity index is 1350. The second-order valence-corrected chi connectivity index (χ2v) is 10.2. The average molecular weight is 569 g/mol. The van der Waals surface area contributed by atoms with Crippen molar-refractivity contribution in [2.75, 3.05) is 6.54 Å². The van der Waals surface area contributed by atoms with Crippen LogP contribution in [0.2, 0.25) is 0 Å². The summed E-state index contributed by atoms with van der Waals surface area (Å²) in [5.74, 6) is -3.54. The topological polar surface area (TPSA) is 128 Å². The zero-order chi connectivity index (χ0) is 28.6. The number of amides is 2. The molecule has 1 unspecified atom stereocenters. The quantitative estimate of drug-likeness (QED) is 0.370. The molecule has 1 N–H and O–H groups in total. The zero-order valence-corrected chi connectivity index (χ0v) is 22.9. The van der Waals surface area contributed by atoms with Gasteiger partial charge in [0.2, 0.25) is 12.2 Å². The number of aromatic nitrogens is 2. The molecule has 0 radical (unpaired) electrons. The monoisotopic (exact) mass is 568 g/mol. The fourth-order valence-electron chi connectivity index (χ4n) is 4.56. The number of carbonyl (C=O) groups is 4. The molecular weight excluding hydrogens is 539 g/mol. The number of nitrogens with one attached hydrogen (secondary N) is 1. The number of esters is 2. The van der Waals surface area contributed by atoms with E-state index in [-0.39, 0.29) is 6.54 Å². The molecule has 2 amide bonds. The van der Waals surface area contributed by atoms with E-state index in [1.807, 2.05) is 17.5 Å². The first kappa shape index (κ1) is 28.8. The van der Waals surface area contributed by atoms with Crippen molar-refractivity contribution in [3.8, 4) is 0 Å². The number of hydrogen-bond acceptors (Lipinski definition) is 9. The number of hydrogen-bond donors (Lipinski definition) is 1. The minimum Gasteiger partial charge on any atom is -0.448 e. The molecule has 3 atom stereocenters. The van der Waals surface area contributed by atoms with Crippen LogP contribution in [0.3, 0.4) is 0 Å². The summed E-state index contributed by atoms with van der Waals surface area (Å²) in [6.07, 6.45) is 1.81. The highest BCUT2D eigenvalue weighted by atomic mass is 32.1. The highest BCUT2D eigenvalue weighted by Crippen LogP contribution is 2.33. The van der Waals surface area contributed by atoms with Gasteiger partial charge in [-0.2, -0.15) is 0 Å². The first-order valence-electron chi connectivity index (χ1n) is 12.7. The summed E-state index contributed by atoms with van der Waals surface area (Å²) in [4.78, 5) is 60.9. The number of thiazole rings is 1. The highest BCUT2D eigenvalue weighted by molar-refractivity contribution is 7.09. The van der Waals surface area contributed by atoms with Crippen LogP contribution in [0.5, 0.6) is 0 Å². The molecule has 10 nitrogen and oxygen atoms in total. The number of carbonyl (C=O) groups excluding carboxylic acids is 4. The number of rotatable bonds is 10. The summed E-state index contributed by atoms with van der Waals surface area (Å²) >= 11 is 1.34. The Morgan fingerprint density at radius 3 is 2.40 bits per heavy atom. The third kappa shape index (κ3) is 7.47. The SMILES string of the molecule is CC(=O)O[C@@H](C(=O)NCc1nc(Cc2ccncc2)cs1)[C@@H](OC(C)=O)C(=O)N1CCCC1c1ccc(F)cc1.